The summed E-state index contributed by atoms with van der Waals surface area (Å²) in [4.78, 5) is 19.3. The molecule has 2 aromatic rings. The molecule has 1 saturated carbocycles. The zero-order chi connectivity index (χ0) is 15.0. The molecule has 1 aromatic carbocycles. The second-order valence-corrected chi connectivity index (χ2v) is 5.45. The van der Waals surface area contributed by atoms with Crippen molar-refractivity contribution in [3.05, 3.63) is 29.6 Å². The number of methoxy groups -OCH3 is 1. The number of imidazole rings is 1. The average Bonchev–Trinajstić information content (AvgIpc) is 3.09. The molecule has 1 heterocycles. The number of carbonyl (C=O) groups excluding carboxylic acids is 1. The van der Waals surface area contributed by atoms with Gasteiger partial charge in [0.15, 0.2) is 11.6 Å². The molecule has 1 atom stereocenters. The fourth-order valence-corrected chi connectivity index (χ4v) is 3.12. The molecule has 1 unspecified atom stereocenters. The SMILES string of the molecule is COC(=O)C(c1nc2cc(F)c(F)cc2[nH]1)C1CCCC1. The topological polar surface area (TPSA) is 55.0 Å². The largest absolute Gasteiger partial charge is 0.468 e. The molecule has 1 aromatic heterocycles. The van der Waals surface area contributed by atoms with Crippen LogP contribution in [-0.2, 0) is 9.53 Å². The number of esters is 1. The summed E-state index contributed by atoms with van der Waals surface area (Å²) in [7, 11) is 1.34. The van der Waals surface area contributed by atoms with Crippen molar-refractivity contribution in [2.24, 2.45) is 5.92 Å². The predicted octanol–water partition coefficient (Wildman–Crippen LogP) is 3.29. The van der Waals surface area contributed by atoms with E-state index in [2.05, 4.69) is 9.97 Å². The lowest BCUT2D eigenvalue weighted by Gasteiger charge is -2.18. The highest BCUT2D eigenvalue weighted by molar-refractivity contribution is 5.81. The molecular weight excluding hydrogens is 278 g/mol. The Labute approximate surface area is 120 Å². The number of ether oxygens (including phenoxy) is 1. The monoisotopic (exact) mass is 294 g/mol. The van der Waals surface area contributed by atoms with E-state index < -0.39 is 17.6 Å². The maximum Gasteiger partial charge on any atom is 0.316 e. The minimum atomic E-state index is -0.948. The predicted molar refractivity (Wildman–Crippen MR) is 72.7 cm³/mol. The zero-order valence-corrected chi connectivity index (χ0v) is 11.7. The van der Waals surface area contributed by atoms with Gasteiger partial charge in [-0.3, -0.25) is 4.79 Å². The van der Waals surface area contributed by atoms with Gasteiger partial charge in [0.05, 0.1) is 18.1 Å². The van der Waals surface area contributed by atoms with E-state index in [0.29, 0.717) is 16.9 Å². The summed E-state index contributed by atoms with van der Waals surface area (Å²) in [6.45, 7) is 0. The number of carbonyl (C=O) groups is 1. The molecule has 1 N–H and O–H groups in total. The molecule has 0 aliphatic heterocycles. The number of hydrogen-bond donors (Lipinski definition) is 1. The zero-order valence-electron chi connectivity index (χ0n) is 11.7. The van der Waals surface area contributed by atoms with Crippen LogP contribution in [-0.4, -0.2) is 23.0 Å². The van der Waals surface area contributed by atoms with Crippen molar-refractivity contribution in [3.8, 4) is 0 Å². The van der Waals surface area contributed by atoms with Gasteiger partial charge in [0.25, 0.3) is 0 Å². The Morgan fingerprint density at radius 1 is 1.33 bits per heavy atom. The Morgan fingerprint density at radius 2 is 2.00 bits per heavy atom. The second-order valence-electron chi connectivity index (χ2n) is 5.45. The molecule has 112 valence electrons. The fraction of sp³-hybridized carbons (Fsp3) is 0.467. The van der Waals surface area contributed by atoms with Crippen LogP contribution in [0.25, 0.3) is 11.0 Å². The number of nitrogens with one attached hydrogen (secondary N) is 1. The van der Waals surface area contributed by atoms with Crippen molar-refractivity contribution in [1.82, 2.24) is 9.97 Å². The Bertz CT molecular complexity index is 639. The van der Waals surface area contributed by atoms with Crippen LogP contribution >= 0.6 is 0 Å². The summed E-state index contributed by atoms with van der Waals surface area (Å²) in [5, 5.41) is 0. The molecule has 6 heteroatoms. The van der Waals surface area contributed by atoms with Crippen LogP contribution in [0.2, 0.25) is 0 Å². The number of H-pyrrole nitrogens is 1. The summed E-state index contributed by atoms with van der Waals surface area (Å²) in [6, 6.07) is 2.10. The minimum absolute atomic E-state index is 0.160. The molecule has 1 aliphatic carbocycles. The molecule has 1 aliphatic rings. The summed E-state index contributed by atoms with van der Waals surface area (Å²) in [6.07, 6.45) is 4.00. The molecule has 0 amide bonds. The summed E-state index contributed by atoms with van der Waals surface area (Å²) in [5.74, 6) is -2.16. The lowest BCUT2D eigenvalue weighted by Crippen LogP contribution is -2.22. The number of halogens is 2. The van der Waals surface area contributed by atoms with E-state index in [9.17, 15) is 13.6 Å². The van der Waals surface area contributed by atoms with E-state index in [0.717, 1.165) is 37.8 Å². The van der Waals surface area contributed by atoms with E-state index in [-0.39, 0.29) is 11.9 Å². The Balaban J connectivity index is 2.04. The van der Waals surface area contributed by atoms with Crippen LogP contribution in [0, 0.1) is 17.6 Å². The number of fused-ring (bicyclic) bond motifs is 1. The first-order chi connectivity index (χ1) is 10.1. The first kappa shape index (κ1) is 14.0. The van der Waals surface area contributed by atoms with Gasteiger partial charge in [-0.2, -0.15) is 0 Å². The van der Waals surface area contributed by atoms with E-state index >= 15 is 0 Å². The van der Waals surface area contributed by atoms with E-state index in [4.69, 9.17) is 4.74 Å². The molecule has 0 spiro atoms. The standard InChI is InChI=1S/C15H16F2N2O2/c1-21-15(20)13(8-4-2-3-5-8)14-18-11-6-9(16)10(17)7-12(11)19-14/h6-8,13H,2-5H2,1H3,(H,18,19). The molecule has 0 radical (unpaired) electrons. The first-order valence-electron chi connectivity index (χ1n) is 7.02. The smallest absolute Gasteiger partial charge is 0.316 e. The van der Waals surface area contributed by atoms with Crippen LogP contribution in [0.4, 0.5) is 8.78 Å². The van der Waals surface area contributed by atoms with Gasteiger partial charge in [-0.25, -0.2) is 13.8 Å². The van der Waals surface area contributed by atoms with Gasteiger partial charge < -0.3 is 9.72 Å². The van der Waals surface area contributed by atoms with Gasteiger partial charge in [-0.05, 0) is 18.8 Å². The molecule has 0 bridgehead atoms. The molecule has 1 fully saturated rings. The van der Waals surface area contributed by atoms with Crippen molar-refractivity contribution in [3.63, 3.8) is 0 Å². The summed E-state index contributed by atoms with van der Waals surface area (Å²) < 4.78 is 31.4. The van der Waals surface area contributed by atoms with Crippen molar-refractivity contribution in [2.75, 3.05) is 7.11 Å². The number of benzene rings is 1. The van der Waals surface area contributed by atoms with Gasteiger partial charge in [0, 0.05) is 12.1 Å². The van der Waals surface area contributed by atoms with Crippen LogP contribution < -0.4 is 0 Å². The van der Waals surface area contributed by atoms with Crippen molar-refractivity contribution >= 4 is 17.0 Å². The van der Waals surface area contributed by atoms with Gasteiger partial charge in [0.2, 0.25) is 0 Å². The summed E-state index contributed by atoms with van der Waals surface area (Å²) >= 11 is 0. The maximum atomic E-state index is 13.3. The fourth-order valence-electron chi connectivity index (χ4n) is 3.12. The molecule has 0 saturated heterocycles. The molecule has 4 nitrogen and oxygen atoms in total. The van der Waals surface area contributed by atoms with Crippen molar-refractivity contribution in [2.45, 2.75) is 31.6 Å². The third-order valence-electron chi connectivity index (χ3n) is 4.16. The maximum absolute atomic E-state index is 13.3. The van der Waals surface area contributed by atoms with Crippen LogP contribution in [0.1, 0.15) is 37.4 Å². The number of nitrogens with zero attached hydrogens (tertiary/aromatic N) is 1. The highest BCUT2D eigenvalue weighted by Crippen LogP contribution is 2.37. The minimum Gasteiger partial charge on any atom is -0.468 e. The second kappa shape index (κ2) is 5.42. The van der Waals surface area contributed by atoms with Crippen LogP contribution in [0.15, 0.2) is 12.1 Å². The number of hydrogen-bond acceptors (Lipinski definition) is 3. The Morgan fingerprint density at radius 3 is 2.67 bits per heavy atom. The molecular formula is C15H16F2N2O2. The highest BCUT2D eigenvalue weighted by Gasteiger charge is 2.35. The van der Waals surface area contributed by atoms with E-state index in [1.165, 1.54) is 7.11 Å². The Kier molecular flexibility index (Phi) is 3.61. The number of aromatic amines is 1. The van der Waals surface area contributed by atoms with Crippen LogP contribution in [0.3, 0.4) is 0 Å². The first-order valence-corrected chi connectivity index (χ1v) is 7.02. The highest BCUT2D eigenvalue weighted by atomic mass is 19.2. The van der Waals surface area contributed by atoms with E-state index in [1.54, 1.807) is 0 Å². The van der Waals surface area contributed by atoms with E-state index in [1.807, 2.05) is 0 Å². The molecule has 21 heavy (non-hydrogen) atoms. The number of rotatable bonds is 3. The van der Waals surface area contributed by atoms with Gasteiger partial charge in [-0.15, -0.1) is 0 Å². The van der Waals surface area contributed by atoms with Crippen molar-refractivity contribution < 1.29 is 18.3 Å². The Hall–Kier alpha value is -1.98. The normalized spacial score (nSPS) is 17.3. The van der Waals surface area contributed by atoms with Gasteiger partial charge in [-0.1, -0.05) is 12.8 Å². The van der Waals surface area contributed by atoms with Gasteiger partial charge in [0.1, 0.15) is 11.7 Å². The molecule has 3 rings (SSSR count). The quantitative estimate of drug-likeness (QED) is 0.884. The third kappa shape index (κ3) is 2.50. The lowest BCUT2D eigenvalue weighted by molar-refractivity contribution is -0.144. The third-order valence-corrected chi connectivity index (χ3v) is 4.16. The van der Waals surface area contributed by atoms with Gasteiger partial charge >= 0.3 is 5.97 Å². The van der Waals surface area contributed by atoms with Crippen LogP contribution in [0.5, 0.6) is 0 Å². The average molecular weight is 294 g/mol. The lowest BCUT2D eigenvalue weighted by atomic mass is 9.90. The summed E-state index contributed by atoms with van der Waals surface area (Å²) in [5.41, 5.74) is 0.701. The number of aromatic nitrogens is 2. The van der Waals surface area contributed by atoms with Crippen molar-refractivity contribution in [1.29, 1.82) is 0 Å².